The molecule has 8 heteroatoms. The molecule has 1 fully saturated rings. The molecule has 1 N–H and O–H groups in total. The second kappa shape index (κ2) is 14.7. The summed E-state index contributed by atoms with van der Waals surface area (Å²) < 4.78 is 38.4. The lowest BCUT2D eigenvalue weighted by Gasteiger charge is -2.28. The number of aromatic nitrogens is 2. The largest absolute Gasteiger partial charge is 0.507 e. The van der Waals surface area contributed by atoms with E-state index in [0.717, 1.165) is 25.5 Å². The van der Waals surface area contributed by atoms with Crippen LogP contribution < -0.4 is 0 Å². The van der Waals surface area contributed by atoms with E-state index in [4.69, 9.17) is 0 Å². The van der Waals surface area contributed by atoms with E-state index < -0.39 is 17.5 Å². The van der Waals surface area contributed by atoms with Gasteiger partial charge in [-0.05, 0) is 69.6 Å². The van der Waals surface area contributed by atoms with Crippen LogP contribution in [0.5, 0.6) is 5.75 Å². The van der Waals surface area contributed by atoms with E-state index in [9.17, 15) is 23.1 Å². The average Bonchev–Trinajstić information content (AvgIpc) is 2.84. The van der Waals surface area contributed by atoms with Crippen LogP contribution in [0, 0.1) is 19.8 Å². The second-order valence-corrected chi connectivity index (χ2v) is 7.34. The molecule has 0 aliphatic carbocycles. The van der Waals surface area contributed by atoms with E-state index in [2.05, 4.69) is 15.1 Å². The molecule has 0 bridgehead atoms. The Morgan fingerprint density at radius 2 is 1.62 bits per heavy atom. The summed E-state index contributed by atoms with van der Waals surface area (Å²) in [4.78, 5) is 15.0. The van der Waals surface area contributed by atoms with Gasteiger partial charge in [-0.2, -0.15) is 13.2 Å². The van der Waals surface area contributed by atoms with Gasteiger partial charge in [0.25, 0.3) is 0 Å². The third-order valence-electron chi connectivity index (χ3n) is 5.33. The SMILES string of the molecule is CC.CC.CC.Cc1c(C(=O)C2CCCN(C)C2)nnc(-c2ccc(C(F)(F)F)cc2O)c1C. The summed E-state index contributed by atoms with van der Waals surface area (Å²) in [5.74, 6) is -0.737. The van der Waals surface area contributed by atoms with Gasteiger partial charge >= 0.3 is 6.18 Å². The lowest BCUT2D eigenvalue weighted by atomic mass is 9.90. The number of carbonyl (C=O) groups is 1. The summed E-state index contributed by atoms with van der Waals surface area (Å²) in [6.07, 6.45) is -2.81. The van der Waals surface area contributed by atoms with Gasteiger partial charge in [0.05, 0.1) is 11.3 Å². The van der Waals surface area contributed by atoms with E-state index in [0.29, 0.717) is 23.7 Å². The third kappa shape index (κ3) is 7.79. The molecule has 1 aliphatic heterocycles. The topological polar surface area (TPSA) is 66.3 Å². The minimum absolute atomic E-state index is 0.0668. The number of hydrogen-bond acceptors (Lipinski definition) is 5. The maximum absolute atomic E-state index is 12.9. The summed E-state index contributed by atoms with van der Waals surface area (Å²) in [7, 11) is 1.97. The molecule has 5 nitrogen and oxygen atoms in total. The van der Waals surface area contributed by atoms with Gasteiger partial charge in [-0.3, -0.25) is 4.79 Å². The van der Waals surface area contributed by atoms with Crippen molar-refractivity contribution in [3.63, 3.8) is 0 Å². The number of Topliss-reactive ketones (excluding diaryl/α,β-unsaturated/α-hetero) is 1. The number of benzene rings is 1. The Bertz CT molecular complexity index is 915. The number of alkyl halides is 3. The standard InChI is InChI=1S/C20H22F3N3O2.3C2H6/c1-11-12(2)18(19(28)13-5-4-8-26(3)10-13)25-24-17(11)15-7-6-14(9-16(15)27)20(21,22)23;3*1-2/h6-7,9,13,27H,4-5,8,10H2,1-3H3;3*1-2H3. The molecule has 2 aromatic rings. The van der Waals surface area contributed by atoms with Crippen molar-refractivity contribution in [2.75, 3.05) is 20.1 Å². The molecule has 3 rings (SSSR count). The van der Waals surface area contributed by atoms with Crippen molar-refractivity contribution in [2.45, 2.75) is 74.4 Å². The summed E-state index contributed by atoms with van der Waals surface area (Å²) >= 11 is 0. The molecule has 0 saturated carbocycles. The Hall–Kier alpha value is -2.48. The maximum Gasteiger partial charge on any atom is 0.416 e. The van der Waals surface area contributed by atoms with Gasteiger partial charge in [-0.25, -0.2) is 0 Å². The van der Waals surface area contributed by atoms with Crippen LogP contribution in [0.25, 0.3) is 11.3 Å². The van der Waals surface area contributed by atoms with Crippen LogP contribution in [0.15, 0.2) is 18.2 Å². The normalized spacial score (nSPS) is 15.6. The smallest absolute Gasteiger partial charge is 0.416 e. The van der Waals surface area contributed by atoms with Crippen molar-refractivity contribution < 1.29 is 23.1 Å². The fraction of sp³-hybridized carbons (Fsp3) is 0.577. The highest BCUT2D eigenvalue weighted by atomic mass is 19.4. The van der Waals surface area contributed by atoms with Crippen LogP contribution in [0.2, 0.25) is 0 Å². The Kier molecular flexibility index (Phi) is 13.6. The number of piperidine rings is 1. The number of hydrogen-bond donors (Lipinski definition) is 1. The van der Waals surface area contributed by atoms with E-state index in [1.807, 2.05) is 48.6 Å². The van der Waals surface area contributed by atoms with Gasteiger partial charge in [0.15, 0.2) is 5.78 Å². The number of likely N-dealkylation sites (tertiary alicyclic amines) is 1. The highest BCUT2D eigenvalue weighted by Gasteiger charge is 2.32. The number of rotatable bonds is 3. The predicted octanol–water partition coefficient (Wildman–Crippen LogP) is 7.09. The molecule has 1 aliphatic rings. The van der Waals surface area contributed by atoms with Crippen molar-refractivity contribution in [1.82, 2.24) is 15.1 Å². The lowest BCUT2D eigenvalue weighted by molar-refractivity contribution is -0.137. The van der Waals surface area contributed by atoms with Crippen molar-refractivity contribution in [1.29, 1.82) is 0 Å². The number of aromatic hydroxyl groups is 1. The van der Waals surface area contributed by atoms with Crippen molar-refractivity contribution >= 4 is 5.78 Å². The van der Waals surface area contributed by atoms with Crippen LogP contribution in [-0.4, -0.2) is 46.1 Å². The first-order valence-corrected chi connectivity index (χ1v) is 12.1. The molecule has 0 spiro atoms. The summed E-state index contributed by atoms with van der Waals surface area (Å²) in [5, 5.41) is 18.2. The van der Waals surface area contributed by atoms with E-state index in [1.54, 1.807) is 13.8 Å². The number of halogens is 3. The van der Waals surface area contributed by atoms with Crippen LogP contribution in [0.3, 0.4) is 0 Å². The molecular weight excluding hydrogens is 443 g/mol. The lowest BCUT2D eigenvalue weighted by Crippen LogP contribution is -2.36. The molecule has 1 saturated heterocycles. The van der Waals surface area contributed by atoms with E-state index >= 15 is 0 Å². The monoisotopic (exact) mass is 483 g/mol. The minimum Gasteiger partial charge on any atom is -0.507 e. The zero-order chi connectivity index (χ0) is 26.6. The molecule has 192 valence electrons. The van der Waals surface area contributed by atoms with Gasteiger partial charge in [0.1, 0.15) is 11.4 Å². The van der Waals surface area contributed by atoms with Crippen molar-refractivity contribution in [3.05, 3.63) is 40.6 Å². The zero-order valence-electron chi connectivity index (χ0n) is 22.0. The highest BCUT2D eigenvalue weighted by Crippen LogP contribution is 2.37. The van der Waals surface area contributed by atoms with Crippen LogP contribution >= 0.6 is 0 Å². The van der Waals surface area contributed by atoms with Crippen molar-refractivity contribution in [3.8, 4) is 17.0 Å². The average molecular weight is 484 g/mol. The van der Waals surface area contributed by atoms with Gasteiger partial charge < -0.3 is 10.0 Å². The molecular formula is C26H40F3N3O2. The molecule has 2 heterocycles. The minimum atomic E-state index is -4.55. The number of phenols is 1. The maximum atomic E-state index is 12.9. The quantitative estimate of drug-likeness (QED) is 0.472. The number of carbonyl (C=O) groups excluding carboxylic acids is 1. The molecule has 1 aromatic carbocycles. The fourth-order valence-corrected chi connectivity index (χ4v) is 3.58. The van der Waals surface area contributed by atoms with Gasteiger partial charge in [0, 0.05) is 18.0 Å². The Balaban J connectivity index is 0.00000168. The molecule has 0 radical (unpaired) electrons. The number of phenolic OH excluding ortho intramolecular Hbond substituents is 1. The molecule has 1 atom stereocenters. The predicted molar refractivity (Wildman–Crippen MR) is 132 cm³/mol. The fourth-order valence-electron chi connectivity index (χ4n) is 3.58. The van der Waals surface area contributed by atoms with Crippen LogP contribution in [0.4, 0.5) is 13.2 Å². The number of ketones is 1. The van der Waals surface area contributed by atoms with Gasteiger partial charge in [-0.15, -0.1) is 10.2 Å². The van der Waals surface area contributed by atoms with E-state index in [1.165, 1.54) is 6.07 Å². The number of nitrogens with zero attached hydrogens (tertiary/aromatic N) is 3. The zero-order valence-corrected chi connectivity index (χ0v) is 22.0. The van der Waals surface area contributed by atoms with Crippen LogP contribution in [-0.2, 0) is 6.18 Å². The molecule has 1 aromatic heterocycles. The van der Waals surface area contributed by atoms with Gasteiger partial charge in [-0.1, -0.05) is 41.5 Å². The molecule has 0 amide bonds. The summed E-state index contributed by atoms with van der Waals surface area (Å²) in [6, 6.07) is 2.73. The Morgan fingerprint density at radius 3 is 2.12 bits per heavy atom. The third-order valence-corrected chi connectivity index (χ3v) is 5.33. The molecule has 1 unspecified atom stereocenters. The summed E-state index contributed by atoms with van der Waals surface area (Å²) in [6.45, 7) is 17.1. The first-order valence-electron chi connectivity index (χ1n) is 12.1. The van der Waals surface area contributed by atoms with Crippen LogP contribution in [0.1, 0.15) is 81.6 Å². The first-order chi connectivity index (χ1) is 16.1. The van der Waals surface area contributed by atoms with Gasteiger partial charge in [0.2, 0.25) is 0 Å². The molecule has 34 heavy (non-hydrogen) atoms. The summed E-state index contributed by atoms with van der Waals surface area (Å²) in [5.41, 5.74) is 0.996. The Morgan fingerprint density at radius 1 is 1.03 bits per heavy atom. The Labute approximate surface area is 202 Å². The van der Waals surface area contributed by atoms with Crippen molar-refractivity contribution in [2.24, 2.45) is 5.92 Å². The first kappa shape index (κ1) is 31.5. The highest BCUT2D eigenvalue weighted by molar-refractivity contribution is 5.98. The van der Waals surface area contributed by atoms with E-state index in [-0.39, 0.29) is 28.7 Å². The second-order valence-electron chi connectivity index (χ2n) is 7.34.